The first kappa shape index (κ1) is 18.1. The molecule has 132 valence electrons. The molecule has 2 atom stereocenters. The summed E-state index contributed by atoms with van der Waals surface area (Å²) < 4.78 is 0. The summed E-state index contributed by atoms with van der Waals surface area (Å²) in [5.41, 5.74) is 0. The van der Waals surface area contributed by atoms with Crippen molar-refractivity contribution in [1.29, 1.82) is 0 Å². The number of carbonyl (C=O) groups is 2. The zero-order valence-electron chi connectivity index (χ0n) is 14.8. The average molecular weight is 323 g/mol. The van der Waals surface area contributed by atoms with Gasteiger partial charge in [-0.3, -0.25) is 4.79 Å². The standard InChI is InChI=1S/C18H33N3O2/c1-14(2)10-12-20-18(23)21-13-7-3-6-11-19-17(22)15-8-4-5-9-16(15)21/h14-16H,3-13H2,1-2H3,(H,19,22)(H,20,23)/t15-,16+/m1/s1. The van der Waals surface area contributed by atoms with Crippen LogP contribution in [0.25, 0.3) is 0 Å². The lowest BCUT2D eigenvalue weighted by Crippen LogP contribution is -2.54. The lowest BCUT2D eigenvalue weighted by Gasteiger charge is -2.40. The molecule has 1 heterocycles. The number of urea groups is 1. The van der Waals surface area contributed by atoms with E-state index in [0.717, 1.165) is 71.0 Å². The van der Waals surface area contributed by atoms with Crippen LogP contribution in [0.1, 0.15) is 65.2 Å². The number of amides is 3. The summed E-state index contributed by atoms with van der Waals surface area (Å²) in [6, 6.07) is 0.0943. The summed E-state index contributed by atoms with van der Waals surface area (Å²) in [6.07, 6.45) is 8.16. The molecule has 5 heteroatoms. The van der Waals surface area contributed by atoms with E-state index >= 15 is 0 Å². The molecule has 1 aliphatic carbocycles. The van der Waals surface area contributed by atoms with E-state index in [1.165, 1.54) is 0 Å². The van der Waals surface area contributed by atoms with Gasteiger partial charge in [0, 0.05) is 25.7 Å². The fourth-order valence-electron chi connectivity index (χ4n) is 3.70. The fourth-order valence-corrected chi connectivity index (χ4v) is 3.70. The highest BCUT2D eigenvalue weighted by Gasteiger charge is 2.37. The Balaban J connectivity index is 2.04. The van der Waals surface area contributed by atoms with Gasteiger partial charge in [0.1, 0.15) is 0 Å². The molecule has 3 amide bonds. The normalized spacial score (nSPS) is 26.4. The number of nitrogens with one attached hydrogen (secondary N) is 2. The smallest absolute Gasteiger partial charge is 0.317 e. The number of hydrogen-bond donors (Lipinski definition) is 2. The van der Waals surface area contributed by atoms with Crippen LogP contribution in [0, 0.1) is 11.8 Å². The summed E-state index contributed by atoms with van der Waals surface area (Å²) in [5, 5.41) is 6.14. The van der Waals surface area contributed by atoms with Gasteiger partial charge in [-0.1, -0.05) is 26.7 Å². The lowest BCUT2D eigenvalue weighted by molar-refractivity contribution is -0.128. The van der Waals surface area contributed by atoms with Crippen LogP contribution in [0.5, 0.6) is 0 Å². The SMILES string of the molecule is CC(C)CCNC(=O)N1CCCCCNC(=O)[C@@H]2CCCC[C@@H]21. The molecule has 5 nitrogen and oxygen atoms in total. The van der Waals surface area contributed by atoms with E-state index in [1.807, 2.05) is 4.90 Å². The first-order valence-electron chi connectivity index (χ1n) is 9.41. The van der Waals surface area contributed by atoms with Crippen molar-refractivity contribution < 1.29 is 9.59 Å². The molecule has 2 rings (SSSR count). The second kappa shape index (κ2) is 9.14. The van der Waals surface area contributed by atoms with Crippen LogP contribution < -0.4 is 10.6 Å². The van der Waals surface area contributed by atoms with Gasteiger partial charge in [-0.15, -0.1) is 0 Å². The van der Waals surface area contributed by atoms with Crippen molar-refractivity contribution in [2.24, 2.45) is 11.8 Å². The molecular weight excluding hydrogens is 290 g/mol. The lowest BCUT2D eigenvalue weighted by atomic mass is 9.82. The van der Waals surface area contributed by atoms with Crippen LogP contribution in [-0.4, -0.2) is 42.5 Å². The maximum Gasteiger partial charge on any atom is 0.317 e. The number of carbonyl (C=O) groups excluding carboxylic acids is 2. The molecule has 2 fully saturated rings. The van der Waals surface area contributed by atoms with Gasteiger partial charge in [0.2, 0.25) is 5.91 Å². The molecule has 1 saturated heterocycles. The molecule has 0 aromatic rings. The predicted octanol–water partition coefficient (Wildman–Crippen LogP) is 2.90. The van der Waals surface area contributed by atoms with E-state index in [0.29, 0.717) is 5.92 Å². The Hall–Kier alpha value is -1.26. The van der Waals surface area contributed by atoms with Gasteiger partial charge in [0.15, 0.2) is 0 Å². The molecule has 0 aromatic carbocycles. The second-order valence-corrected chi connectivity index (χ2v) is 7.42. The van der Waals surface area contributed by atoms with Crippen molar-refractivity contribution in [3.63, 3.8) is 0 Å². The summed E-state index contributed by atoms with van der Waals surface area (Å²) in [4.78, 5) is 27.1. The molecule has 0 bridgehead atoms. The quantitative estimate of drug-likeness (QED) is 0.839. The third-order valence-corrected chi connectivity index (χ3v) is 5.10. The van der Waals surface area contributed by atoms with Crippen LogP contribution in [0.3, 0.4) is 0 Å². The van der Waals surface area contributed by atoms with Gasteiger partial charge in [-0.2, -0.15) is 0 Å². The average Bonchev–Trinajstić information content (AvgIpc) is 2.53. The number of rotatable bonds is 3. The van der Waals surface area contributed by atoms with Gasteiger partial charge in [-0.25, -0.2) is 4.79 Å². The Labute approximate surface area is 140 Å². The molecule has 2 aliphatic rings. The summed E-state index contributed by atoms with van der Waals surface area (Å²) in [5.74, 6) is 0.705. The maximum atomic E-state index is 12.7. The van der Waals surface area contributed by atoms with Crippen LogP contribution in [-0.2, 0) is 4.79 Å². The Bertz CT molecular complexity index is 398. The number of nitrogens with zero attached hydrogens (tertiary/aromatic N) is 1. The summed E-state index contributed by atoms with van der Waals surface area (Å²) in [6.45, 7) is 6.61. The first-order valence-corrected chi connectivity index (χ1v) is 9.41. The van der Waals surface area contributed by atoms with Crippen molar-refractivity contribution in [1.82, 2.24) is 15.5 Å². The van der Waals surface area contributed by atoms with Crippen molar-refractivity contribution in [3.05, 3.63) is 0 Å². The van der Waals surface area contributed by atoms with Crippen molar-refractivity contribution in [2.45, 2.75) is 71.3 Å². The predicted molar refractivity (Wildman–Crippen MR) is 92.2 cm³/mol. The molecule has 0 aromatic heterocycles. The van der Waals surface area contributed by atoms with Crippen molar-refractivity contribution in [2.75, 3.05) is 19.6 Å². The molecule has 1 aliphatic heterocycles. The highest BCUT2D eigenvalue weighted by molar-refractivity contribution is 5.81. The minimum Gasteiger partial charge on any atom is -0.356 e. The molecule has 23 heavy (non-hydrogen) atoms. The van der Waals surface area contributed by atoms with Crippen LogP contribution in [0.2, 0.25) is 0 Å². The van der Waals surface area contributed by atoms with Crippen molar-refractivity contribution >= 4 is 11.9 Å². The second-order valence-electron chi connectivity index (χ2n) is 7.42. The molecule has 2 N–H and O–H groups in total. The zero-order chi connectivity index (χ0) is 16.7. The van der Waals surface area contributed by atoms with Crippen molar-refractivity contribution in [3.8, 4) is 0 Å². The largest absolute Gasteiger partial charge is 0.356 e. The Morgan fingerprint density at radius 2 is 2.00 bits per heavy atom. The van der Waals surface area contributed by atoms with E-state index in [2.05, 4.69) is 24.5 Å². The van der Waals surface area contributed by atoms with Crippen LogP contribution >= 0.6 is 0 Å². The van der Waals surface area contributed by atoms with E-state index in [1.54, 1.807) is 0 Å². The molecule has 1 saturated carbocycles. The van der Waals surface area contributed by atoms with E-state index in [9.17, 15) is 9.59 Å². The Kier molecular flexibility index (Phi) is 7.18. The monoisotopic (exact) mass is 323 g/mol. The molecule has 0 unspecified atom stereocenters. The molecule has 0 radical (unpaired) electrons. The molecule has 0 spiro atoms. The molecular formula is C18H33N3O2. The van der Waals surface area contributed by atoms with Gasteiger partial charge in [0.25, 0.3) is 0 Å². The minimum atomic E-state index is -0.0299. The first-order chi connectivity index (χ1) is 11.1. The Morgan fingerprint density at radius 1 is 1.22 bits per heavy atom. The maximum absolute atomic E-state index is 12.7. The summed E-state index contributed by atoms with van der Waals surface area (Å²) in [7, 11) is 0. The zero-order valence-corrected chi connectivity index (χ0v) is 14.8. The highest BCUT2D eigenvalue weighted by atomic mass is 16.2. The minimum absolute atomic E-state index is 0.0240. The van der Waals surface area contributed by atoms with Gasteiger partial charge >= 0.3 is 6.03 Å². The van der Waals surface area contributed by atoms with Gasteiger partial charge in [-0.05, 0) is 44.4 Å². The highest BCUT2D eigenvalue weighted by Crippen LogP contribution is 2.29. The van der Waals surface area contributed by atoms with E-state index in [4.69, 9.17) is 0 Å². The van der Waals surface area contributed by atoms with E-state index in [-0.39, 0.29) is 23.9 Å². The fraction of sp³-hybridized carbons (Fsp3) is 0.889. The van der Waals surface area contributed by atoms with Gasteiger partial charge in [0.05, 0.1) is 5.92 Å². The number of fused-ring (bicyclic) bond motifs is 1. The Morgan fingerprint density at radius 3 is 2.78 bits per heavy atom. The van der Waals surface area contributed by atoms with Crippen LogP contribution in [0.15, 0.2) is 0 Å². The summed E-state index contributed by atoms with van der Waals surface area (Å²) >= 11 is 0. The van der Waals surface area contributed by atoms with E-state index < -0.39 is 0 Å². The van der Waals surface area contributed by atoms with Gasteiger partial charge < -0.3 is 15.5 Å². The van der Waals surface area contributed by atoms with Crippen LogP contribution in [0.4, 0.5) is 4.79 Å². The number of hydrogen-bond acceptors (Lipinski definition) is 2. The third kappa shape index (κ3) is 5.40. The third-order valence-electron chi connectivity index (χ3n) is 5.10. The topological polar surface area (TPSA) is 61.4 Å².